The molecule has 5 heteroatoms. The molecule has 2 atom stereocenters. The lowest BCUT2D eigenvalue weighted by molar-refractivity contribution is 0.137. The van der Waals surface area contributed by atoms with Gasteiger partial charge in [0.15, 0.2) is 11.5 Å². The summed E-state index contributed by atoms with van der Waals surface area (Å²) < 4.78 is 23.6. The number of hydrogen-bond donors (Lipinski definition) is 1. The van der Waals surface area contributed by atoms with Crippen molar-refractivity contribution in [1.29, 1.82) is 0 Å². The minimum absolute atomic E-state index is 0.0933. The van der Waals surface area contributed by atoms with Crippen molar-refractivity contribution in [2.45, 2.75) is 52.1 Å². The molecule has 31 heavy (non-hydrogen) atoms. The lowest BCUT2D eigenvalue weighted by atomic mass is 9.87. The van der Waals surface area contributed by atoms with E-state index in [1.165, 1.54) is 11.1 Å². The summed E-state index contributed by atoms with van der Waals surface area (Å²) in [6.45, 7) is 7.13. The summed E-state index contributed by atoms with van der Waals surface area (Å²) in [5.74, 6) is 3.41. The number of phenolic OH excluding ortho intramolecular Hbond substituents is 1. The molecule has 2 aromatic carbocycles. The number of fused-ring (bicyclic) bond motifs is 6. The molecular weight excluding hydrogens is 392 g/mol. The van der Waals surface area contributed by atoms with Crippen LogP contribution in [0.5, 0.6) is 28.7 Å². The van der Waals surface area contributed by atoms with Gasteiger partial charge in [0.2, 0.25) is 6.79 Å². The van der Waals surface area contributed by atoms with Crippen LogP contribution in [0.25, 0.3) is 0 Å². The van der Waals surface area contributed by atoms with Crippen LogP contribution in [0.15, 0.2) is 47.6 Å². The average Bonchev–Trinajstić information content (AvgIpc) is 3.34. The number of allylic oxidation sites excluding steroid dienone is 4. The fourth-order valence-electron chi connectivity index (χ4n) is 4.54. The third-order valence-electron chi connectivity index (χ3n) is 6.25. The molecule has 5 nitrogen and oxygen atoms in total. The zero-order chi connectivity index (χ0) is 21.5. The van der Waals surface area contributed by atoms with Gasteiger partial charge in [-0.3, -0.25) is 0 Å². The van der Waals surface area contributed by atoms with E-state index in [9.17, 15) is 5.11 Å². The third kappa shape index (κ3) is 3.62. The van der Waals surface area contributed by atoms with Gasteiger partial charge in [0.1, 0.15) is 23.4 Å². The molecule has 3 aliphatic heterocycles. The number of rotatable bonds is 5. The van der Waals surface area contributed by atoms with Gasteiger partial charge in [-0.2, -0.15) is 0 Å². The maximum absolute atomic E-state index is 10.6. The van der Waals surface area contributed by atoms with Gasteiger partial charge >= 0.3 is 0 Å². The molecule has 0 saturated heterocycles. The Labute approximate surface area is 182 Å². The normalized spacial score (nSPS) is 20.3. The van der Waals surface area contributed by atoms with Crippen LogP contribution in [-0.4, -0.2) is 18.5 Å². The standard InChI is InChI=1S/C26H28O5/c1-15(2)5-4-6-16(3)7-8-17-21(27)10-9-18-25(17)28-13-20-19-11-23-24(30-14-29-23)12-22(19)31-26(18)20/h5,7,9-12,20,26-27H,4,6,8,13-14H2,1-3H3/t20-,26-/m1/s1. The molecule has 0 fully saturated rings. The summed E-state index contributed by atoms with van der Waals surface area (Å²) in [4.78, 5) is 0. The van der Waals surface area contributed by atoms with E-state index in [1.807, 2.05) is 18.2 Å². The molecule has 0 aromatic heterocycles. The summed E-state index contributed by atoms with van der Waals surface area (Å²) in [5.41, 5.74) is 5.54. The second kappa shape index (κ2) is 7.88. The monoisotopic (exact) mass is 420 g/mol. The summed E-state index contributed by atoms with van der Waals surface area (Å²) in [6, 6.07) is 7.60. The molecule has 0 radical (unpaired) electrons. The van der Waals surface area contributed by atoms with Gasteiger partial charge in [-0.05, 0) is 58.2 Å². The van der Waals surface area contributed by atoms with Crippen molar-refractivity contribution in [3.8, 4) is 28.7 Å². The van der Waals surface area contributed by atoms with E-state index < -0.39 is 0 Å². The quantitative estimate of drug-likeness (QED) is 0.604. The highest BCUT2D eigenvalue weighted by Gasteiger charge is 2.43. The van der Waals surface area contributed by atoms with E-state index in [4.69, 9.17) is 18.9 Å². The van der Waals surface area contributed by atoms with Crippen molar-refractivity contribution in [3.63, 3.8) is 0 Å². The van der Waals surface area contributed by atoms with Crippen LogP contribution in [-0.2, 0) is 6.42 Å². The second-order valence-electron chi connectivity index (χ2n) is 8.76. The van der Waals surface area contributed by atoms with Gasteiger partial charge in [-0.15, -0.1) is 0 Å². The van der Waals surface area contributed by atoms with Crippen LogP contribution in [0.1, 0.15) is 62.3 Å². The van der Waals surface area contributed by atoms with Crippen LogP contribution in [0.4, 0.5) is 0 Å². The number of phenols is 1. The Kier molecular flexibility index (Phi) is 5.05. The molecule has 1 N–H and O–H groups in total. The van der Waals surface area contributed by atoms with Crippen molar-refractivity contribution >= 4 is 0 Å². The second-order valence-corrected chi connectivity index (χ2v) is 8.76. The van der Waals surface area contributed by atoms with Crippen molar-refractivity contribution in [1.82, 2.24) is 0 Å². The topological polar surface area (TPSA) is 57.2 Å². The fourth-order valence-corrected chi connectivity index (χ4v) is 4.54. The highest BCUT2D eigenvalue weighted by molar-refractivity contribution is 5.59. The molecular formula is C26H28O5. The Morgan fingerprint density at radius 2 is 1.81 bits per heavy atom. The molecule has 0 aliphatic carbocycles. The van der Waals surface area contributed by atoms with Crippen LogP contribution >= 0.6 is 0 Å². The van der Waals surface area contributed by atoms with E-state index in [2.05, 4.69) is 32.9 Å². The maximum Gasteiger partial charge on any atom is 0.231 e. The molecule has 3 heterocycles. The summed E-state index contributed by atoms with van der Waals surface area (Å²) >= 11 is 0. The van der Waals surface area contributed by atoms with Gasteiger partial charge in [0.05, 0.1) is 12.5 Å². The Hall–Kier alpha value is -3.08. The smallest absolute Gasteiger partial charge is 0.231 e. The first-order valence-corrected chi connectivity index (χ1v) is 10.9. The first-order valence-electron chi connectivity index (χ1n) is 10.9. The first-order chi connectivity index (χ1) is 15.0. The van der Waals surface area contributed by atoms with E-state index in [-0.39, 0.29) is 24.6 Å². The number of hydrogen-bond acceptors (Lipinski definition) is 5. The lowest BCUT2D eigenvalue weighted by Gasteiger charge is -2.29. The molecule has 0 spiro atoms. The number of benzene rings is 2. The molecule has 0 saturated carbocycles. The van der Waals surface area contributed by atoms with Crippen LogP contribution in [0, 0.1) is 0 Å². The third-order valence-corrected chi connectivity index (χ3v) is 6.25. The van der Waals surface area contributed by atoms with E-state index in [0.717, 1.165) is 52.5 Å². The molecule has 0 amide bonds. The highest BCUT2D eigenvalue weighted by Crippen LogP contribution is 2.55. The van der Waals surface area contributed by atoms with Crippen molar-refractivity contribution < 1.29 is 24.1 Å². The minimum Gasteiger partial charge on any atom is -0.508 e. The molecule has 162 valence electrons. The predicted octanol–water partition coefficient (Wildman–Crippen LogP) is 5.97. The minimum atomic E-state index is -0.136. The van der Waals surface area contributed by atoms with Crippen molar-refractivity contribution in [3.05, 3.63) is 64.3 Å². The van der Waals surface area contributed by atoms with Gasteiger partial charge < -0.3 is 24.1 Å². The molecule has 2 aromatic rings. The van der Waals surface area contributed by atoms with Crippen molar-refractivity contribution in [2.24, 2.45) is 0 Å². The Balaban J connectivity index is 1.40. The van der Waals surface area contributed by atoms with Gasteiger partial charge in [-0.25, -0.2) is 0 Å². The number of aromatic hydroxyl groups is 1. The van der Waals surface area contributed by atoms with E-state index >= 15 is 0 Å². The predicted molar refractivity (Wildman–Crippen MR) is 118 cm³/mol. The zero-order valence-electron chi connectivity index (χ0n) is 18.2. The van der Waals surface area contributed by atoms with Gasteiger partial charge in [0.25, 0.3) is 0 Å². The highest BCUT2D eigenvalue weighted by atomic mass is 16.7. The number of ether oxygens (including phenoxy) is 4. The summed E-state index contributed by atoms with van der Waals surface area (Å²) in [5, 5.41) is 10.6. The average molecular weight is 421 g/mol. The van der Waals surface area contributed by atoms with Crippen molar-refractivity contribution in [2.75, 3.05) is 13.4 Å². The Bertz CT molecular complexity index is 1080. The molecule has 5 rings (SSSR count). The maximum atomic E-state index is 10.6. The molecule has 3 aliphatic rings. The van der Waals surface area contributed by atoms with Gasteiger partial charge in [0, 0.05) is 22.8 Å². The first kappa shape index (κ1) is 19.9. The van der Waals surface area contributed by atoms with Gasteiger partial charge in [-0.1, -0.05) is 23.3 Å². The van der Waals surface area contributed by atoms with E-state index in [0.29, 0.717) is 13.0 Å². The zero-order valence-corrected chi connectivity index (χ0v) is 18.2. The van der Waals surface area contributed by atoms with Crippen LogP contribution in [0.3, 0.4) is 0 Å². The summed E-state index contributed by atoms with van der Waals surface area (Å²) in [6.07, 6.45) is 6.99. The fraction of sp³-hybridized carbons (Fsp3) is 0.385. The Morgan fingerprint density at radius 3 is 2.61 bits per heavy atom. The molecule has 0 bridgehead atoms. The largest absolute Gasteiger partial charge is 0.508 e. The SMILES string of the molecule is CC(C)=CCCC(C)=CCc1c(O)ccc2c1OC[C@@H]1c3cc4c(cc3O[C@H]21)OCO4. The lowest BCUT2D eigenvalue weighted by Crippen LogP contribution is -2.24. The van der Waals surface area contributed by atoms with Crippen LogP contribution < -0.4 is 18.9 Å². The van der Waals surface area contributed by atoms with Crippen LogP contribution in [0.2, 0.25) is 0 Å². The summed E-state index contributed by atoms with van der Waals surface area (Å²) in [7, 11) is 0. The molecule has 0 unspecified atom stereocenters. The Morgan fingerprint density at radius 1 is 1.00 bits per heavy atom. The van der Waals surface area contributed by atoms with E-state index in [1.54, 1.807) is 6.07 Å².